The third kappa shape index (κ3) is 1.78. The maximum Gasteiger partial charge on any atom is 0.0203 e. The molecule has 0 nitrogen and oxygen atoms in total. The number of thioether (sulfide) groups is 2. The van der Waals surface area contributed by atoms with Crippen molar-refractivity contribution in [2.45, 2.75) is 29.8 Å². The minimum Gasteiger partial charge on any atom is -0.157 e. The average Bonchev–Trinajstić information content (AvgIpc) is 2.04. The van der Waals surface area contributed by atoms with Crippen molar-refractivity contribution in [1.29, 1.82) is 0 Å². The zero-order valence-corrected chi connectivity index (χ0v) is 8.35. The minimum absolute atomic E-state index is 0.912. The lowest BCUT2D eigenvalue weighted by Crippen LogP contribution is -2.29. The summed E-state index contributed by atoms with van der Waals surface area (Å²) in [5.74, 6) is 2.73. The second-order valence-electron chi connectivity index (χ2n) is 3.31. The van der Waals surface area contributed by atoms with Crippen LogP contribution in [-0.2, 0) is 0 Å². The highest BCUT2D eigenvalue weighted by Gasteiger charge is 2.29. The SMILES string of the molecule is C=C1CCC2SCCSC2C1. The summed E-state index contributed by atoms with van der Waals surface area (Å²) in [7, 11) is 0. The molecule has 0 aromatic heterocycles. The molecule has 0 bridgehead atoms. The second kappa shape index (κ2) is 3.44. The van der Waals surface area contributed by atoms with Gasteiger partial charge in [-0.3, -0.25) is 0 Å². The molecule has 2 aliphatic rings. The van der Waals surface area contributed by atoms with Gasteiger partial charge in [-0.1, -0.05) is 12.2 Å². The van der Waals surface area contributed by atoms with E-state index in [0.29, 0.717) is 0 Å². The predicted octanol–water partition coefficient (Wildman–Crippen LogP) is 2.94. The molecule has 0 N–H and O–H groups in total. The van der Waals surface area contributed by atoms with Gasteiger partial charge in [-0.15, -0.1) is 0 Å². The van der Waals surface area contributed by atoms with Gasteiger partial charge in [-0.2, -0.15) is 23.5 Å². The molecule has 0 radical (unpaired) electrons. The first-order valence-electron chi connectivity index (χ1n) is 4.26. The maximum absolute atomic E-state index is 4.08. The fourth-order valence-corrected chi connectivity index (χ4v) is 4.95. The van der Waals surface area contributed by atoms with Crippen LogP contribution in [0, 0.1) is 0 Å². The average molecular weight is 186 g/mol. The van der Waals surface area contributed by atoms with Crippen LogP contribution in [0.25, 0.3) is 0 Å². The van der Waals surface area contributed by atoms with Crippen LogP contribution < -0.4 is 0 Å². The van der Waals surface area contributed by atoms with Gasteiger partial charge < -0.3 is 0 Å². The highest BCUT2D eigenvalue weighted by Crippen LogP contribution is 2.41. The van der Waals surface area contributed by atoms with Crippen LogP contribution in [0.5, 0.6) is 0 Å². The summed E-state index contributed by atoms with van der Waals surface area (Å²) in [6.45, 7) is 4.08. The third-order valence-corrected chi connectivity index (χ3v) is 5.66. The lowest BCUT2D eigenvalue weighted by Gasteiger charge is -2.35. The van der Waals surface area contributed by atoms with Gasteiger partial charge in [0, 0.05) is 22.0 Å². The number of hydrogen-bond acceptors (Lipinski definition) is 2. The van der Waals surface area contributed by atoms with Crippen molar-refractivity contribution < 1.29 is 0 Å². The summed E-state index contributed by atoms with van der Waals surface area (Å²) >= 11 is 4.36. The summed E-state index contributed by atoms with van der Waals surface area (Å²) in [5.41, 5.74) is 1.49. The Kier molecular flexibility index (Phi) is 2.52. The molecule has 1 aliphatic heterocycles. The summed E-state index contributed by atoms with van der Waals surface area (Å²) in [6, 6.07) is 0. The molecule has 0 amide bonds. The third-order valence-electron chi connectivity index (χ3n) is 2.43. The molecule has 62 valence electrons. The molecule has 11 heavy (non-hydrogen) atoms. The Bertz CT molecular complexity index is 165. The van der Waals surface area contributed by atoms with Crippen molar-refractivity contribution in [3.63, 3.8) is 0 Å². The van der Waals surface area contributed by atoms with Gasteiger partial charge in [0.25, 0.3) is 0 Å². The molecule has 0 aromatic carbocycles. The standard InChI is InChI=1S/C9H14S2/c1-7-2-3-8-9(6-7)11-5-4-10-8/h8-9H,1-6H2. The second-order valence-corrected chi connectivity index (χ2v) is 6.01. The van der Waals surface area contributed by atoms with Crippen molar-refractivity contribution in [1.82, 2.24) is 0 Å². The van der Waals surface area contributed by atoms with Crippen molar-refractivity contribution in [3.05, 3.63) is 12.2 Å². The number of rotatable bonds is 0. The van der Waals surface area contributed by atoms with Gasteiger partial charge >= 0.3 is 0 Å². The van der Waals surface area contributed by atoms with Gasteiger partial charge in [-0.25, -0.2) is 0 Å². The Hall–Kier alpha value is 0.440. The van der Waals surface area contributed by atoms with E-state index in [1.165, 1.54) is 36.3 Å². The summed E-state index contributed by atoms with van der Waals surface area (Å²) in [4.78, 5) is 0. The molecule has 1 saturated heterocycles. The zero-order chi connectivity index (χ0) is 7.68. The Morgan fingerprint density at radius 1 is 1.18 bits per heavy atom. The lowest BCUT2D eigenvalue weighted by atomic mass is 9.95. The van der Waals surface area contributed by atoms with Gasteiger partial charge in [0.15, 0.2) is 0 Å². The van der Waals surface area contributed by atoms with E-state index in [0.717, 1.165) is 10.5 Å². The Balaban J connectivity index is 1.98. The Labute approximate surface area is 77.2 Å². The number of allylic oxidation sites excluding steroid dienone is 1. The zero-order valence-electron chi connectivity index (χ0n) is 6.71. The number of hydrogen-bond donors (Lipinski definition) is 0. The quantitative estimate of drug-likeness (QED) is 0.533. The minimum atomic E-state index is 0.912. The highest BCUT2D eigenvalue weighted by atomic mass is 32.2. The van der Waals surface area contributed by atoms with E-state index in [1.54, 1.807) is 0 Å². The Morgan fingerprint density at radius 3 is 2.73 bits per heavy atom. The smallest absolute Gasteiger partial charge is 0.0203 e. The molecular formula is C9H14S2. The van der Waals surface area contributed by atoms with Gasteiger partial charge in [0.05, 0.1) is 0 Å². The molecule has 1 aliphatic carbocycles. The molecule has 2 atom stereocenters. The first kappa shape index (κ1) is 8.06. The monoisotopic (exact) mass is 186 g/mol. The van der Waals surface area contributed by atoms with E-state index >= 15 is 0 Å². The molecule has 2 rings (SSSR count). The van der Waals surface area contributed by atoms with Gasteiger partial charge in [0.2, 0.25) is 0 Å². The van der Waals surface area contributed by atoms with Crippen LogP contribution >= 0.6 is 23.5 Å². The van der Waals surface area contributed by atoms with Crippen molar-refractivity contribution >= 4 is 23.5 Å². The largest absolute Gasteiger partial charge is 0.157 e. The van der Waals surface area contributed by atoms with E-state index < -0.39 is 0 Å². The van der Waals surface area contributed by atoms with Crippen LogP contribution in [0.4, 0.5) is 0 Å². The molecule has 1 saturated carbocycles. The van der Waals surface area contributed by atoms with Gasteiger partial charge in [0.1, 0.15) is 0 Å². The molecular weight excluding hydrogens is 172 g/mol. The normalized spacial score (nSPS) is 38.4. The molecule has 0 spiro atoms. The van der Waals surface area contributed by atoms with E-state index in [2.05, 4.69) is 30.1 Å². The fourth-order valence-electron chi connectivity index (χ4n) is 1.81. The molecule has 2 fully saturated rings. The van der Waals surface area contributed by atoms with E-state index in [1.807, 2.05) is 0 Å². The molecule has 2 unspecified atom stereocenters. The summed E-state index contributed by atoms with van der Waals surface area (Å²) in [6.07, 6.45) is 3.97. The van der Waals surface area contributed by atoms with E-state index in [9.17, 15) is 0 Å². The maximum atomic E-state index is 4.08. The van der Waals surface area contributed by atoms with Crippen LogP contribution in [0.15, 0.2) is 12.2 Å². The van der Waals surface area contributed by atoms with Crippen LogP contribution in [0.3, 0.4) is 0 Å². The molecule has 0 aromatic rings. The lowest BCUT2D eigenvalue weighted by molar-refractivity contribution is 0.627. The molecule has 2 heteroatoms. The van der Waals surface area contributed by atoms with Gasteiger partial charge in [-0.05, 0) is 19.3 Å². The fraction of sp³-hybridized carbons (Fsp3) is 0.778. The van der Waals surface area contributed by atoms with Crippen molar-refractivity contribution in [2.24, 2.45) is 0 Å². The first-order valence-corrected chi connectivity index (χ1v) is 6.36. The highest BCUT2D eigenvalue weighted by molar-refractivity contribution is 8.07. The Morgan fingerprint density at radius 2 is 1.91 bits per heavy atom. The molecule has 1 heterocycles. The van der Waals surface area contributed by atoms with Crippen LogP contribution in [-0.4, -0.2) is 22.0 Å². The van der Waals surface area contributed by atoms with Crippen LogP contribution in [0.2, 0.25) is 0 Å². The summed E-state index contributed by atoms with van der Waals surface area (Å²) in [5, 5.41) is 1.87. The topological polar surface area (TPSA) is 0 Å². The van der Waals surface area contributed by atoms with E-state index in [4.69, 9.17) is 0 Å². The van der Waals surface area contributed by atoms with Crippen molar-refractivity contribution in [3.8, 4) is 0 Å². The van der Waals surface area contributed by atoms with Crippen molar-refractivity contribution in [2.75, 3.05) is 11.5 Å². The predicted molar refractivity (Wildman–Crippen MR) is 55.5 cm³/mol. The van der Waals surface area contributed by atoms with Crippen LogP contribution in [0.1, 0.15) is 19.3 Å². The first-order chi connectivity index (χ1) is 5.36. The summed E-state index contributed by atoms with van der Waals surface area (Å²) < 4.78 is 0. The van der Waals surface area contributed by atoms with E-state index in [-0.39, 0.29) is 0 Å². The number of fused-ring (bicyclic) bond motifs is 1.